The Balaban J connectivity index is 0.000001000. The van der Waals surface area contributed by atoms with E-state index in [2.05, 4.69) is 20.9 Å². The van der Waals surface area contributed by atoms with E-state index in [0.29, 0.717) is 11.7 Å². The van der Waals surface area contributed by atoms with Gasteiger partial charge in [-0.3, -0.25) is 0 Å². The van der Waals surface area contributed by atoms with Crippen LogP contribution in [0.5, 0.6) is 0 Å². The maximum absolute atomic E-state index is 5.55. The number of nitrogens with zero attached hydrogens (tertiary/aromatic N) is 1. The molecule has 0 aliphatic carbocycles. The summed E-state index contributed by atoms with van der Waals surface area (Å²) in [5.74, 6) is 0.899. The number of nitrogen functional groups attached to an aromatic ring is 1. The third-order valence-electron chi connectivity index (χ3n) is 1.12. The molecule has 0 bridgehead atoms. The topological polar surface area (TPSA) is 38.9 Å². The number of rotatable bonds is 1. The van der Waals surface area contributed by atoms with Crippen molar-refractivity contribution in [2.75, 3.05) is 5.73 Å². The third kappa shape index (κ3) is 2.85. The molecule has 0 radical (unpaired) electrons. The van der Waals surface area contributed by atoms with Crippen molar-refractivity contribution in [2.24, 2.45) is 0 Å². The van der Waals surface area contributed by atoms with E-state index in [9.17, 15) is 0 Å². The van der Waals surface area contributed by atoms with E-state index in [1.807, 2.05) is 12.1 Å². The van der Waals surface area contributed by atoms with Gasteiger partial charge in [0, 0.05) is 5.56 Å². The predicted molar refractivity (Wildman–Crippen MR) is 53.2 cm³/mol. The predicted octanol–water partition coefficient (Wildman–Crippen LogP) is 2.59. The maximum Gasteiger partial charge on any atom is 0.129 e. The largest absolute Gasteiger partial charge is 0.383 e. The zero-order valence-corrected chi connectivity index (χ0v) is 8.71. The minimum absolute atomic E-state index is 0. The first-order valence-corrected chi connectivity index (χ1v) is 4.03. The van der Waals surface area contributed by atoms with Crippen molar-refractivity contribution in [3.05, 3.63) is 22.3 Å². The second-order valence-electron chi connectivity index (χ2n) is 1.81. The summed E-state index contributed by atoms with van der Waals surface area (Å²) >= 11 is 8.74. The highest BCUT2D eigenvalue weighted by Gasteiger charge is 1.97. The lowest BCUT2D eigenvalue weighted by molar-refractivity contribution is 1.22. The number of hydrogen-bond acceptors (Lipinski definition) is 2. The van der Waals surface area contributed by atoms with Crippen LogP contribution >= 0.6 is 39.9 Å². The van der Waals surface area contributed by atoms with Gasteiger partial charge in [0.05, 0.1) is 5.88 Å². The summed E-state index contributed by atoms with van der Waals surface area (Å²) in [6, 6.07) is 3.66. The lowest BCUT2D eigenvalue weighted by Gasteiger charge is -1.98. The van der Waals surface area contributed by atoms with Gasteiger partial charge in [0.2, 0.25) is 0 Å². The number of pyridine rings is 1. The first kappa shape index (κ1) is 11.0. The van der Waals surface area contributed by atoms with E-state index in [0.717, 1.165) is 10.2 Å². The summed E-state index contributed by atoms with van der Waals surface area (Å²) in [6.45, 7) is 0. The summed E-state index contributed by atoms with van der Waals surface area (Å²) in [7, 11) is 0. The molecule has 0 atom stereocenters. The molecular weight excluding hydrogens is 251 g/mol. The molecule has 0 saturated heterocycles. The molecule has 1 heterocycles. The SMILES string of the molecule is Cl.Nc1nc(Br)ccc1CCl. The van der Waals surface area contributed by atoms with E-state index < -0.39 is 0 Å². The third-order valence-corrected chi connectivity index (χ3v) is 1.85. The summed E-state index contributed by atoms with van der Waals surface area (Å²) in [6.07, 6.45) is 0. The van der Waals surface area contributed by atoms with Gasteiger partial charge in [-0.1, -0.05) is 6.07 Å². The van der Waals surface area contributed by atoms with Crippen LogP contribution in [0.25, 0.3) is 0 Å². The molecule has 1 aromatic rings. The molecule has 2 N–H and O–H groups in total. The summed E-state index contributed by atoms with van der Waals surface area (Å²) in [5.41, 5.74) is 6.37. The molecule has 0 spiro atoms. The standard InChI is InChI=1S/C6H6BrClN2.ClH/c7-5-2-1-4(3-8)6(9)10-5;/h1-2H,3H2,(H2,9,10);1H. The molecule has 0 unspecified atom stereocenters. The molecule has 62 valence electrons. The molecule has 1 rings (SSSR count). The Labute approximate surface area is 84.7 Å². The van der Waals surface area contributed by atoms with Gasteiger partial charge >= 0.3 is 0 Å². The van der Waals surface area contributed by atoms with Gasteiger partial charge in [-0.2, -0.15) is 0 Å². The quantitative estimate of drug-likeness (QED) is 0.621. The van der Waals surface area contributed by atoms with Crippen LogP contribution in [-0.4, -0.2) is 4.98 Å². The zero-order chi connectivity index (χ0) is 7.56. The van der Waals surface area contributed by atoms with Gasteiger partial charge in [-0.05, 0) is 22.0 Å². The molecule has 5 heteroatoms. The zero-order valence-electron chi connectivity index (χ0n) is 5.55. The van der Waals surface area contributed by atoms with E-state index in [4.69, 9.17) is 17.3 Å². The van der Waals surface area contributed by atoms with Crippen molar-refractivity contribution in [3.63, 3.8) is 0 Å². The van der Waals surface area contributed by atoms with Crippen LogP contribution in [0, 0.1) is 0 Å². The van der Waals surface area contributed by atoms with Crippen LogP contribution in [0.1, 0.15) is 5.56 Å². The molecular formula is C6H7BrCl2N2. The second kappa shape index (κ2) is 4.80. The Morgan fingerprint density at radius 2 is 2.18 bits per heavy atom. The Morgan fingerprint density at radius 1 is 1.55 bits per heavy atom. The van der Waals surface area contributed by atoms with Gasteiger partial charge in [0.25, 0.3) is 0 Å². The fourth-order valence-electron chi connectivity index (χ4n) is 0.592. The highest BCUT2D eigenvalue weighted by atomic mass is 79.9. The van der Waals surface area contributed by atoms with Crippen molar-refractivity contribution >= 4 is 45.8 Å². The van der Waals surface area contributed by atoms with E-state index in [1.165, 1.54) is 0 Å². The van der Waals surface area contributed by atoms with E-state index >= 15 is 0 Å². The number of nitrogens with two attached hydrogens (primary N) is 1. The van der Waals surface area contributed by atoms with Crippen molar-refractivity contribution in [1.29, 1.82) is 0 Å². The molecule has 2 nitrogen and oxygen atoms in total. The number of alkyl halides is 1. The van der Waals surface area contributed by atoms with Gasteiger partial charge in [-0.25, -0.2) is 4.98 Å². The van der Waals surface area contributed by atoms with Crippen LogP contribution in [-0.2, 0) is 5.88 Å². The molecule has 11 heavy (non-hydrogen) atoms. The molecule has 1 aromatic heterocycles. The van der Waals surface area contributed by atoms with Crippen LogP contribution < -0.4 is 5.73 Å². The number of anilines is 1. The lowest BCUT2D eigenvalue weighted by atomic mass is 10.3. The van der Waals surface area contributed by atoms with Gasteiger partial charge in [0.15, 0.2) is 0 Å². The summed E-state index contributed by atoms with van der Waals surface area (Å²) in [5, 5.41) is 0. The molecule has 0 aliphatic rings. The fraction of sp³-hybridized carbons (Fsp3) is 0.167. The normalized spacial score (nSPS) is 8.91. The van der Waals surface area contributed by atoms with Crippen LogP contribution in [0.2, 0.25) is 0 Å². The first-order valence-electron chi connectivity index (χ1n) is 2.71. The Hall–Kier alpha value is 0.01000. The minimum atomic E-state index is 0. The number of hydrogen-bond donors (Lipinski definition) is 1. The molecule has 0 saturated carbocycles. The monoisotopic (exact) mass is 256 g/mol. The first-order chi connectivity index (χ1) is 4.74. The van der Waals surface area contributed by atoms with Crippen molar-refractivity contribution in [3.8, 4) is 0 Å². The highest BCUT2D eigenvalue weighted by Crippen LogP contribution is 2.15. The summed E-state index contributed by atoms with van der Waals surface area (Å²) < 4.78 is 0.735. The van der Waals surface area contributed by atoms with Crippen LogP contribution in [0.3, 0.4) is 0 Å². The number of halogens is 3. The number of aromatic nitrogens is 1. The summed E-state index contributed by atoms with van der Waals surface area (Å²) in [4.78, 5) is 3.95. The van der Waals surface area contributed by atoms with Crippen molar-refractivity contribution in [2.45, 2.75) is 5.88 Å². The van der Waals surface area contributed by atoms with Crippen LogP contribution in [0.4, 0.5) is 5.82 Å². The molecule has 0 amide bonds. The van der Waals surface area contributed by atoms with Gasteiger partial charge < -0.3 is 5.73 Å². The Kier molecular flexibility index (Phi) is 4.81. The average Bonchev–Trinajstić information content (AvgIpc) is 1.88. The average molecular weight is 258 g/mol. The lowest BCUT2D eigenvalue weighted by Crippen LogP contribution is -1.95. The van der Waals surface area contributed by atoms with E-state index in [1.54, 1.807) is 0 Å². The van der Waals surface area contributed by atoms with Crippen molar-refractivity contribution in [1.82, 2.24) is 4.98 Å². The smallest absolute Gasteiger partial charge is 0.129 e. The van der Waals surface area contributed by atoms with Crippen LogP contribution in [0.15, 0.2) is 16.7 Å². The highest BCUT2D eigenvalue weighted by molar-refractivity contribution is 9.10. The maximum atomic E-state index is 5.55. The minimum Gasteiger partial charge on any atom is -0.383 e. The molecule has 0 fully saturated rings. The van der Waals surface area contributed by atoms with Gasteiger partial charge in [0.1, 0.15) is 10.4 Å². The van der Waals surface area contributed by atoms with Gasteiger partial charge in [-0.15, -0.1) is 24.0 Å². The Bertz CT molecular complexity index is 242. The van der Waals surface area contributed by atoms with Crippen molar-refractivity contribution < 1.29 is 0 Å². The fourth-order valence-corrected chi connectivity index (χ4v) is 1.14. The second-order valence-corrected chi connectivity index (χ2v) is 2.89. The Morgan fingerprint density at radius 3 is 2.64 bits per heavy atom. The molecule has 0 aliphatic heterocycles. The molecule has 0 aromatic carbocycles. The van der Waals surface area contributed by atoms with E-state index in [-0.39, 0.29) is 12.4 Å².